The van der Waals surface area contributed by atoms with Crippen molar-refractivity contribution in [2.75, 3.05) is 27.3 Å². The van der Waals surface area contributed by atoms with Crippen molar-refractivity contribution in [1.29, 1.82) is 0 Å². The molecule has 1 fully saturated rings. The molecule has 102 valence electrons. The molecule has 2 unspecified atom stereocenters. The van der Waals surface area contributed by atoms with Gasteiger partial charge in [-0.25, -0.2) is 0 Å². The second kappa shape index (κ2) is 6.70. The van der Waals surface area contributed by atoms with E-state index < -0.39 is 0 Å². The van der Waals surface area contributed by atoms with Crippen LogP contribution in [0.4, 0.5) is 5.95 Å². The summed E-state index contributed by atoms with van der Waals surface area (Å²) in [6.07, 6.45) is 2.44. The molecule has 0 spiro atoms. The Morgan fingerprint density at radius 3 is 2.22 bits per heavy atom. The predicted molar refractivity (Wildman–Crippen MR) is 61.7 cm³/mol. The van der Waals surface area contributed by atoms with Gasteiger partial charge in [-0.05, 0) is 6.42 Å². The fourth-order valence-corrected chi connectivity index (χ4v) is 2.16. The highest BCUT2D eigenvalue weighted by atomic mass is 35.5. The topological polar surface area (TPSA) is 61.6 Å². The molecular formula is C11H19ClN4O2. The van der Waals surface area contributed by atoms with Gasteiger partial charge in [-0.2, -0.15) is 0 Å². The second-order valence-electron chi connectivity index (χ2n) is 4.25. The number of aromatic nitrogens is 3. The van der Waals surface area contributed by atoms with Crippen LogP contribution in [0.5, 0.6) is 12.0 Å². The zero-order chi connectivity index (χ0) is 12.3. The third-order valence-corrected chi connectivity index (χ3v) is 3.24. The summed E-state index contributed by atoms with van der Waals surface area (Å²) in [4.78, 5) is 13.9. The number of hydrogen-bond donors (Lipinski definition) is 1. The number of hydrogen-bond acceptors (Lipinski definition) is 5. The van der Waals surface area contributed by atoms with Crippen LogP contribution in [0, 0.1) is 5.92 Å². The first-order valence-corrected chi connectivity index (χ1v) is 5.96. The summed E-state index contributed by atoms with van der Waals surface area (Å²) in [5.74, 6) is 1.49. The van der Waals surface area contributed by atoms with Gasteiger partial charge in [0, 0.05) is 12.3 Å². The van der Waals surface area contributed by atoms with Gasteiger partial charge in [-0.15, -0.1) is 15.0 Å². The zero-order valence-electron chi connectivity index (χ0n) is 10.9. The Labute approximate surface area is 113 Å². The monoisotopic (exact) mass is 274 g/mol. The first-order valence-electron chi connectivity index (χ1n) is 5.96. The summed E-state index contributed by atoms with van der Waals surface area (Å²) in [5.41, 5.74) is 0. The van der Waals surface area contributed by atoms with Gasteiger partial charge < -0.3 is 21.9 Å². The normalized spacial score (nSPS) is 22.4. The molecule has 1 aromatic heterocycles. The minimum Gasteiger partial charge on any atom is -1.00 e. The van der Waals surface area contributed by atoms with E-state index in [0.29, 0.717) is 12.0 Å². The predicted octanol–water partition coefficient (Wildman–Crippen LogP) is -3.16. The molecule has 1 aromatic rings. The number of nitrogens with zero attached hydrogens (tertiary/aromatic N) is 3. The van der Waals surface area contributed by atoms with Crippen LogP contribution in [0.25, 0.3) is 0 Å². The quantitative estimate of drug-likeness (QED) is 0.628. The molecule has 2 heterocycles. The van der Waals surface area contributed by atoms with E-state index in [1.807, 2.05) is 0 Å². The van der Waals surface area contributed by atoms with Gasteiger partial charge in [0.25, 0.3) is 0 Å². The molecule has 7 heteroatoms. The van der Waals surface area contributed by atoms with E-state index in [1.165, 1.54) is 17.7 Å². The second-order valence-corrected chi connectivity index (χ2v) is 4.25. The van der Waals surface area contributed by atoms with Gasteiger partial charge in [0.2, 0.25) is 0 Å². The van der Waals surface area contributed by atoms with Crippen LogP contribution in [0.3, 0.4) is 0 Å². The van der Waals surface area contributed by atoms with E-state index in [0.717, 1.165) is 25.0 Å². The van der Waals surface area contributed by atoms with Crippen molar-refractivity contribution in [2.45, 2.75) is 19.8 Å². The number of halogens is 1. The van der Waals surface area contributed by atoms with Crippen molar-refractivity contribution in [3.8, 4) is 12.0 Å². The first kappa shape index (κ1) is 14.9. The Hall–Kier alpha value is -1.14. The number of nitrogens with one attached hydrogen (secondary N) is 1. The lowest BCUT2D eigenvalue weighted by atomic mass is 10.1. The van der Waals surface area contributed by atoms with E-state index in [4.69, 9.17) is 9.47 Å². The molecule has 0 aliphatic carbocycles. The van der Waals surface area contributed by atoms with Gasteiger partial charge in [0.05, 0.1) is 27.3 Å². The van der Waals surface area contributed by atoms with Gasteiger partial charge in [0.1, 0.15) is 0 Å². The van der Waals surface area contributed by atoms with E-state index in [9.17, 15) is 0 Å². The summed E-state index contributed by atoms with van der Waals surface area (Å²) in [6.45, 7) is 4.36. The van der Waals surface area contributed by atoms with Crippen LogP contribution >= 0.6 is 0 Å². The van der Waals surface area contributed by atoms with Crippen molar-refractivity contribution < 1.29 is 26.8 Å². The minimum atomic E-state index is 0. The van der Waals surface area contributed by atoms with E-state index in [-0.39, 0.29) is 12.4 Å². The maximum Gasteiger partial charge on any atom is 0.336 e. The van der Waals surface area contributed by atoms with E-state index in [2.05, 4.69) is 21.9 Å². The van der Waals surface area contributed by atoms with Crippen LogP contribution in [0.2, 0.25) is 0 Å². The molecule has 2 rings (SSSR count). The molecule has 1 aliphatic heterocycles. The Morgan fingerprint density at radius 1 is 1.17 bits per heavy atom. The molecule has 0 saturated carbocycles. The summed E-state index contributed by atoms with van der Waals surface area (Å²) >= 11 is 0. The number of rotatable bonds is 4. The van der Waals surface area contributed by atoms with Crippen LogP contribution in [0.1, 0.15) is 19.8 Å². The lowest BCUT2D eigenvalue weighted by Gasteiger charge is -2.11. The SMILES string of the molecule is CCC1CC[NH+](c2nc(OC)nc(OC)n2)C1.[Cl-]. The summed E-state index contributed by atoms with van der Waals surface area (Å²) in [5, 5.41) is 0. The third-order valence-electron chi connectivity index (χ3n) is 3.24. The molecule has 0 radical (unpaired) electrons. The highest BCUT2D eigenvalue weighted by molar-refractivity contribution is 5.13. The fraction of sp³-hybridized carbons (Fsp3) is 0.727. The van der Waals surface area contributed by atoms with Crippen molar-refractivity contribution >= 4 is 5.95 Å². The molecule has 1 saturated heterocycles. The third kappa shape index (κ3) is 3.20. The average Bonchev–Trinajstić information content (AvgIpc) is 2.86. The standard InChI is InChI=1S/C11H18N4O2.ClH/c1-4-8-5-6-15(7-8)9-12-10(16-2)14-11(13-9)17-3;/h8H,4-7H2,1-3H3;1H. The highest BCUT2D eigenvalue weighted by Gasteiger charge is 2.29. The summed E-state index contributed by atoms with van der Waals surface area (Å²) < 4.78 is 10.1. The lowest BCUT2D eigenvalue weighted by molar-refractivity contribution is -0.825. The molecule has 18 heavy (non-hydrogen) atoms. The van der Waals surface area contributed by atoms with Gasteiger partial charge >= 0.3 is 18.0 Å². The number of ether oxygens (including phenoxy) is 2. The Bertz CT molecular complexity index is 369. The molecule has 2 atom stereocenters. The zero-order valence-corrected chi connectivity index (χ0v) is 11.7. The van der Waals surface area contributed by atoms with Crippen LogP contribution in [-0.4, -0.2) is 42.3 Å². The van der Waals surface area contributed by atoms with Crippen molar-refractivity contribution in [3.05, 3.63) is 0 Å². The summed E-state index contributed by atoms with van der Waals surface area (Å²) in [6, 6.07) is 0.638. The molecule has 1 aliphatic rings. The van der Waals surface area contributed by atoms with Crippen molar-refractivity contribution in [3.63, 3.8) is 0 Å². The van der Waals surface area contributed by atoms with Crippen molar-refractivity contribution in [1.82, 2.24) is 15.0 Å². The molecule has 6 nitrogen and oxygen atoms in total. The Morgan fingerprint density at radius 2 is 1.78 bits per heavy atom. The van der Waals surface area contributed by atoms with Gasteiger partial charge in [-0.1, -0.05) is 6.92 Å². The van der Waals surface area contributed by atoms with Gasteiger partial charge in [0.15, 0.2) is 0 Å². The van der Waals surface area contributed by atoms with E-state index in [1.54, 1.807) is 14.2 Å². The molecule has 0 aromatic carbocycles. The Kier molecular flexibility index (Phi) is 5.55. The Balaban J connectivity index is 0.00000162. The minimum absolute atomic E-state index is 0. The fourth-order valence-electron chi connectivity index (χ4n) is 2.16. The molecule has 0 bridgehead atoms. The van der Waals surface area contributed by atoms with Crippen molar-refractivity contribution in [2.24, 2.45) is 5.92 Å². The number of methoxy groups -OCH3 is 2. The molecule has 1 N–H and O–H groups in total. The number of quaternary nitrogens is 1. The van der Waals surface area contributed by atoms with Gasteiger partial charge in [-0.3, -0.25) is 4.90 Å². The molecule has 0 amide bonds. The van der Waals surface area contributed by atoms with Crippen LogP contribution in [-0.2, 0) is 0 Å². The maximum atomic E-state index is 5.05. The highest BCUT2D eigenvalue weighted by Crippen LogP contribution is 2.13. The maximum absolute atomic E-state index is 5.05. The molecular weight excluding hydrogens is 256 g/mol. The van der Waals surface area contributed by atoms with E-state index >= 15 is 0 Å². The average molecular weight is 275 g/mol. The lowest BCUT2D eigenvalue weighted by Crippen LogP contribution is -3.05. The smallest absolute Gasteiger partial charge is 0.336 e. The summed E-state index contributed by atoms with van der Waals surface area (Å²) in [7, 11) is 3.10. The van der Waals surface area contributed by atoms with Crippen LogP contribution in [0.15, 0.2) is 0 Å². The van der Waals surface area contributed by atoms with Crippen LogP contribution < -0.4 is 26.8 Å². The largest absolute Gasteiger partial charge is 1.00 e. The first-order chi connectivity index (χ1) is 8.26.